The highest BCUT2D eigenvalue weighted by Crippen LogP contribution is 2.20. The zero-order valence-electron chi connectivity index (χ0n) is 13.4. The molecule has 0 unspecified atom stereocenters. The molecule has 0 radical (unpaired) electrons. The molecule has 0 bridgehead atoms. The summed E-state index contributed by atoms with van der Waals surface area (Å²) in [5.74, 6) is 0.425. The fourth-order valence-electron chi connectivity index (χ4n) is 2.97. The summed E-state index contributed by atoms with van der Waals surface area (Å²) < 4.78 is 0. The van der Waals surface area contributed by atoms with Crippen molar-refractivity contribution in [1.29, 1.82) is 0 Å². The third kappa shape index (κ3) is 6.04. The van der Waals surface area contributed by atoms with E-state index in [9.17, 15) is 4.79 Å². The van der Waals surface area contributed by atoms with E-state index in [1.54, 1.807) is 0 Å². The molecule has 4 heteroatoms. The molecule has 2 rings (SSSR count). The highest BCUT2D eigenvalue weighted by Gasteiger charge is 2.09. The molecule has 2 heterocycles. The number of hydrogen-bond donors (Lipinski definition) is 2. The average Bonchev–Trinajstić information content (AvgIpc) is 2.53. The number of unbranched alkanes of at least 4 members (excludes halogenated alkanes) is 6. The second-order valence-electron chi connectivity index (χ2n) is 6.21. The maximum atomic E-state index is 10.4. The molecule has 22 heavy (non-hydrogen) atoms. The summed E-state index contributed by atoms with van der Waals surface area (Å²) in [7, 11) is 0. The van der Waals surface area contributed by atoms with Crippen molar-refractivity contribution in [3.63, 3.8) is 0 Å². The van der Waals surface area contributed by atoms with E-state index < -0.39 is 5.97 Å². The van der Waals surface area contributed by atoms with E-state index >= 15 is 0 Å². The molecular weight excluding hydrogens is 276 g/mol. The van der Waals surface area contributed by atoms with Crippen molar-refractivity contribution in [2.24, 2.45) is 0 Å². The summed E-state index contributed by atoms with van der Waals surface area (Å²) in [6.45, 7) is 1.05. The fraction of sp³-hybridized carbons (Fsp3) is 0.667. The van der Waals surface area contributed by atoms with Gasteiger partial charge in [0.25, 0.3) is 0 Å². The minimum atomic E-state index is -0.674. The molecule has 0 saturated heterocycles. The quantitative estimate of drug-likeness (QED) is 0.636. The van der Waals surface area contributed by atoms with Crippen molar-refractivity contribution in [2.75, 3.05) is 11.9 Å². The molecule has 0 fully saturated rings. The van der Waals surface area contributed by atoms with Gasteiger partial charge in [-0.3, -0.25) is 4.79 Å². The van der Waals surface area contributed by atoms with Crippen LogP contribution in [0.4, 0.5) is 5.82 Å². The standard InChI is InChI=1S/C18H28N2O2/c21-17(22)11-7-5-3-1-2-4-6-10-16-13-12-15-9-8-14-19-18(15)20-16/h12-13H,1-11,14H2,(H,19,20)(H,21,22). The van der Waals surface area contributed by atoms with Crippen LogP contribution in [0, 0.1) is 0 Å². The first-order chi connectivity index (χ1) is 10.8. The normalized spacial score (nSPS) is 13.5. The number of carboxylic acids is 1. The predicted molar refractivity (Wildman–Crippen MR) is 89.3 cm³/mol. The second-order valence-corrected chi connectivity index (χ2v) is 6.21. The van der Waals surface area contributed by atoms with Gasteiger partial charge in [0.1, 0.15) is 5.82 Å². The molecule has 0 spiro atoms. The molecule has 0 saturated carbocycles. The Hall–Kier alpha value is -1.58. The number of anilines is 1. The fourth-order valence-corrected chi connectivity index (χ4v) is 2.97. The maximum Gasteiger partial charge on any atom is 0.303 e. The van der Waals surface area contributed by atoms with Crippen LogP contribution in [0.25, 0.3) is 0 Å². The summed E-state index contributed by atoms with van der Waals surface area (Å²) in [4.78, 5) is 15.1. The number of aryl methyl sites for hydroxylation is 2. The molecule has 1 aromatic heterocycles. The summed E-state index contributed by atoms with van der Waals surface area (Å²) >= 11 is 0. The number of pyridine rings is 1. The molecule has 2 N–H and O–H groups in total. The maximum absolute atomic E-state index is 10.4. The zero-order valence-corrected chi connectivity index (χ0v) is 13.4. The molecule has 122 valence electrons. The molecule has 4 nitrogen and oxygen atoms in total. The van der Waals surface area contributed by atoms with Gasteiger partial charge in [-0.15, -0.1) is 0 Å². The number of aromatic nitrogens is 1. The van der Waals surface area contributed by atoms with Crippen molar-refractivity contribution < 1.29 is 9.90 Å². The van der Waals surface area contributed by atoms with Gasteiger partial charge in [-0.1, -0.05) is 38.2 Å². The first-order valence-electron chi connectivity index (χ1n) is 8.70. The van der Waals surface area contributed by atoms with Gasteiger partial charge in [0.2, 0.25) is 0 Å². The highest BCUT2D eigenvalue weighted by molar-refractivity contribution is 5.66. The van der Waals surface area contributed by atoms with E-state index in [2.05, 4.69) is 17.4 Å². The first kappa shape index (κ1) is 16.8. The monoisotopic (exact) mass is 304 g/mol. The van der Waals surface area contributed by atoms with Gasteiger partial charge in [-0.05, 0) is 43.7 Å². The summed E-state index contributed by atoms with van der Waals surface area (Å²) in [6, 6.07) is 4.41. The summed E-state index contributed by atoms with van der Waals surface area (Å²) in [5.41, 5.74) is 2.56. The van der Waals surface area contributed by atoms with Gasteiger partial charge in [0.15, 0.2) is 0 Å². The van der Waals surface area contributed by atoms with Crippen molar-refractivity contribution in [3.8, 4) is 0 Å². The third-order valence-corrected chi connectivity index (χ3v) is 4.28. The number of carbonyl (C=O) groups is 1. The first-order valence-corrected chi connectivity index (χ1v) is 8.70. The minimum Gasteiger partial charge on any atom is -0.481 e. The Morgan fingerprint density at radius 1 is 1.09 bits per heavy atom. The van der Waals surface area contributed by atoms with E-state index in [1.807, 2.05) is 0 Å². The van der Waals surface area contributed by atoms with E-state index in [0.717, 1.165) is 44.5 Å². The summed E-state index contributed by atoms with van der Waals surface area (Å²) in [6.07, 6.45) is 11.7. The Balaban J connectivity index is 1.53. The van der Waals surface area contributed by atoms with Gasteiger partial charge in [0.05, 0.1) is 0 Å². The molecule has 0 amide bonds. The van der Waals surface area contributed by atoms with Gasteiger partial charge >= 0.3 is 5.97 Å². The number of fused-ring (bicyclic) bond motifs is 1. The van der Waals surface area contributed by atoms with E-state index in [1.165, 1.54) is 43.4 Å². The zero-order chi connectivity index (χ0) is 15.6. The van der Waals surface area contributed by atoms with Crippen LogP contribution in [0.5, 0.6) is 0 Å². The van der Waals surface area contributed by atoms with Crippen LogP contribution in [0.1, 0.15) is 69.0 Å². The molecular formula is C18H28N2O2. The Morgan fingerprint density at radius 2 is 1.82 bits per heavy atom. The number of aliphatic carboxylic acids is 1. The van der Waals surface area contributed by atoms with Crippen LogP contribution in [0.3, 0.4) is 0 Å². The Morgan fingerprint density at radius 3 is 2.59 bits per heavy atom. The van der Waals surface area contributed by atoms with Crippen molar-refractivity contribution >= 4 is 11.8 Å². The number of rotatable bonds is 10. The highest BCUT2D eigenvalue weighted by atomic mass is 16.4. The van der Waals surface area contributed by atoms with E-state index in [0.29, 0.717) is 6.42 Å². The Labute approximate surface area is 133 Å². The van der Waals surface area contributed by atoms with Gasteiger partial charge < -0.3 is 10.4 Å². The lowest BCUT2D eigenvalue weighted by Crippen LogP contribution is -2.13. The smallest absolute Gasteiger partial charge is 0.303 e. The van der Waals surface area contributed by atoms with Gasteiger partial charge in [-0.25, -0.2) is 4.98 Å². The van der Waals surface area contributed by atoms with E-state index in [-0.39, 0.29) is 0 Å². The number of hydrogen-bond acceptors (Lipinski definition) is 3. The Kier molecular flexibility index (Phi) is 7.20. The minimum absolute atomic E-state index is 0.317. The molecule has 0 aliphatic carbocycles. The Bertz CT molecular complexity index is 474. The van der Waals surface area contributed by atoms with E-state index in [4.69, 9.17) is 10.1 Å². The van der Waals surface area contributed by atoms with Crippen molar-refractivity contribution in [2.45, 2.75) is 70.6 Å². The average molecular weight is 304 g/mol. The molecule has 1 aliphatic heterocycles. The lowest BCUT2D eigenvalue weighted by Gasteiger charge is -2.17. The van der Waals surface area contributed by atoms with Crippen molar-refractivity contribution in [3.05, 3.63) is 23.4 Å². The van der Waals surface area contributed by atoms with Crippen LogP contribution in [0.15, 0.2) is 12.1 Å². The largest absolute Gasteiger partial charge is 0.481 e. The van der Waals surface area contributed by atoms with Crippen LogP contribution < -0.4 is 5.32 Å². The van der Waals surface area contributed by atoms with Gasteiger partial charge in [-0.2, -0.15) is 0 Å². The number of nitrogens with one attached hydrogen (secondary N) is 1. The molecule has 1 aromatic rings. The predicted octanol–water partition coefficient (Wildman–Crippen LogP) is 4.19. The number of carboxylic acid groups (broad SMARTS) is 1. The lowest BCUT2D eigenvalue weighted by atomic mass is 10.0. The molecule has 1 aliphatic rings. The SMILES string of the molecule is O=C(O)CCCCCCCCCc1ccc2c(n1)NCCC2. The summed E-state index contributed by atoms with van der Waals surface area (Å²) in [5, 5.41) is 11.9. The number of nitrogens with zero attached hydrogens (tertiary/aromatic N) is 1. The third-order valence-electron chi connectivity index (χ3n) is 4.28. The molecule has 0 aromatic carbocycles. The lowest BCUT2D eigenvalue weighted by molar-refractivity contribution is -0.137. The topological polar surface area (TPSA) is 62.2 Å². The van der Waals surface area contributed by atoms with Crippen LogP contribution in [0.2, 0.25) is 0 Å². The van der Waals surface area contributed by atoms with Crippen molar-refractivity contribution in [1.82, 2.24) is 4.98 Å². The molecule has 0 atom stereocenters. The second kappa shape index (κ2) is 9.44. The van der Waals surface area contributed by atoms with Crippen LogP contribution in [-0.4, -0.2) is 22.6 Å². The van der Waals surface area contributed by atoms with Crippen LogP contribution in [-0.2, 0) is 17.6 Å². The van der Waals surface area contributed by atoms with Crippen LogP contribution >= 0.6 is 0 Å². The van der Waals surface area contributed by atoms with Gasteiger partial charge in [0, 0.05) is 18.7 Å².